The monoisotopic (exact) mass is 269 g/mol. The Bertz CT molecular complexity index is 460. The number of carbonyl (C=O) groups is 1. The van der Waals surface area contributed by atoms with Crippen molar-refractivity contribution in [1.29, 1.82) is 0 Å². The first-order chi connectivity index (χ1) is 8.82. The Morgan fingerprint density at radius 2 is 2.11 bits per heavy atom. The average Bonchev–Trinajstić information content (AvgIpc) is 2.35. The molecule has 1 N–H and O–H groups in total. The summed E-state index contributed by atoms with van der Waals surface area (Å²) in [7, 11) is 1.51. The van der Waals surface area contributed by atoms with Crippen LogP contribution in [0.25, 0.3) is 0 Å². The van der Waals surface area contributed by atoms with Crippen molar-refractivity contribution in [2.75, 3.05) is 13.7 Å². The third kappa shape index (κ3) is 3.44. The van der Waals surface area contributed by atoms with Gasteiger partial charge >= 0.3 is 5.97 Å². The molecule has 0 aromatic heterocycles. The summed E-state index contributed by atoms with van der Waals surface area (Å²) in [5.74, 6) is -0.717. The molecular weight excluding hydrogens is 249 g/mol. The number of hydrogen-bond acceptors (Lipinski definition) is 3. The van der Waals surface area contributed by atoms with Crippen LogP contribution in [0.3, 0.4) is 0 Å². The highest BCUT2D eigenvalue weighted by molar-refractivity contribution is 5.77. The van der Waals surface area contributed by atoms with Crippen LogP contribution in [-0.4, -0.2) is 35.2 Å². The van der Waals surface area contributed by atoms with Gasteiger partial charge in [0.1, 0.15) is 17.1 Å². The van der Waals surface area contributed by atoms with E-state index in [0.29, 0.717) is 24.4 Å². The zero-order chi connectivity index (χ0) is 14.6. The fraction of sp³-hybridized carbons (Fsp3) is 0.500. The third-order valence-electron chi connectivity index (χ3n) is 3.30. The first-order valence-corrected chi connectivity index (χ1v) is 6.13. The number of hydrogen-bond donors (Lipinski definition) is 1. The van der Waals surface area contributed by atoms with Crippen molar-refractivity contribution in [2.45, 2.75) is 32.9 Å². The predicted molar refractivity (Wildman–Crippen MR) is 70.8 cm³/mol. The minimum atomic E-state index is -1.02. The van der Waals surface area contributed by atoms with Gasteiger partial charge in [-0.05, 0) is 38.6 Å². The van der Waals surface area contributed by atoms with Crippen LogP contribution in [-0.2, 0) is 11.3 Å². The van der Waals surface area contributed by atoms with Crippen LogP contribution < -0.4 is 4.74 Å². The Balaban J connectivity index is 3.05. The van der Waals surface area contributed by atoms with Crippen molar-refractivity contribution in [3.63, 3.8) is 0 Å². The number of benzene rings is 1. The van der Waals surface area contributed by atoms with Crippen LogP contribution in [0.4, 0.5) is 4.39 Å². The van der Waals surface area contributed by atoms with E-state index in [2.05, 4.69) is 0 Å². The second-order valence-electron chi connectivity index (χ2n) is 4.83. The number of likely N-dealkylation sites (N-methyl/N-ethyl adjacent to an activating group) is 1. The summed E-state index contributed by atoms with van der Waals surface area (Å²) in [5, 5.41) is 9.25. The molecule has 0 saturated carbocycles. The smallest absolute Gasteiger partial charge is 0.323 e. The van der Waals surface area contributed by atoms with Crippen LogP contribution in [0.15, 0.2) is 18.2 Å². The molecule has 0 aliphatic heterocycles. The fourth-order valence-electron chi connectivity index (χ4n) is 1.92. The highest BCUT2D eigenvalue weighted by Gasteiger charge is 2.33. The molecule has 4 nitrogen and oxygen atoms in total. The van der Waals surface area contributed by atoms with E-state index in [9.17, 15) is 14.3 Å². The molecule has 0 spiro atoms. The Labute approximate surface area is 112 Å². The maximum absolute atomic E-state index is 13.3. The molecule has 0 aliphatic carbocycles. The van der Waals surface area contributed by atoms with Gasteiger partial charge in [-0.25, -0.2) is 4.39 Å². The molecule has 0 bridgehead atoms. The average molecular weight is 269 g/mol. The van der Waals surface area contributed by atoms with E-state index in [0.717, 1.165) is 0 Å². The van der Waals surface area contributed by atoms with Gasteiger partial charge in [-0.15, -0.1) is 0 Å². The number of nitrogens with zero attached hydrogens (tertiary/aromatic N) is 1. The minimum absolute atomic E-state index is 0.316. The van der Waals surface area contributed by atoms with Gasteiger partial charge in [0.2, 0.25) is 0 Å². The molecule has 1 rings (SSSR count). The van der Waals surface area contributed by atoms with Gasteiger partial charge in [-0.1, -0.05) is 6.92 Å². The Kier molecular flexibility index (Phi) is 4.89. The van der Waals surface area contributed by atoms with Gasteiger partial charge in [0.25, 0.3) is 0 Å². The van der Waals surface area contributed by atoms with Gasteiger partial charge in [-0.3, -0.25) is 9.69 Å². The van der Waals surface area contributed by atoms with Gasteiger partial charge < -0.3 is 9.84 Å². The number of ether oxygens (including phenoxy) is 1. The Hall–Kier alpha value is -1.62. The maximum Gasteiger partial charge on any atom is 0.323 e. The molecule has 1 aromatic carbocycles. The summed E-state index contributed by atoms with van der Waals surface area (Å²) < 4.78 is 18.5. The number of aliphatic carboxylic acids is 1. The number of rotatable bonds is 6. The molecule has 0 saturated heterocycles. The lowest BCUT2D eigenvalue weighted by Crippen LogP contribution is -2.49. The topological polar surface area (TPSA) is 49.8 Å². The van der Waals surface area contributed by atoms with Crippen LogP contribution in [0.5, 0.6) is 5.75 Å². The van der Waals surface area contributed by atoms with Crippen LogP contribution in [0, 0.1) is 5.82 Å². The summed E-state index contributed by atoms with van der Waals surface area (Å²) >= 11 is 0. The van der Waals surface area contributed by atoms with E-state index in [1.165, 1.54) is 19.2 Å². The summed E-state index contributed by atoms with van der Waals surface area (Å²) in [6, 6.07) is 4.24. The van der Waals surface area contributed by atoms with Gasteiger partial charge in [0.05, 0.1) is 7.11 Å². The summed E-state index contributed by atoms with van der Waals surface area (Å²) in [5.41, 5.74) is -0.384. The SMILES string of the molecule is CCN(Cc1cc(F)ccc1OC)C(C)(C)C(=O)O. The molecule has 0 radical (unpaired) electrons. The minimum Gasteiger partial charge on any atom is -0.496 e. The van der Waals surface area contributed by atoms with E-state index in [1.807, 2.05) is 6.92 Å². The van der Waals surface area contributed by atoms with E-state index in [4.69, 9.17) is 4.74 Å². The largest absolute Gasteiger partial charge is 0.496 e. The normalized spacial score (nSPS) is 11.7. The zero-order valence-electron chi connectivity index (χ0n) is 11.7. The van der Waals surface area contributed by atoms with E-state index >= 15 is 0 Å². The molecule has 0 heterocycles. The van der Waals surface area contributed by atoms with Crippen LogP contribution in [0.2, 0.25) is 0 Å². The third-order valence-corrected chi connectivity index (χ3v) is 3.30. The first kappa shape index (κ1) is 15.4. The molecule has 1 aromatic rings. The van der Waals surface area contributed by atoms with E-state index in [1.54, 1.807) is 24.8 Å². The maximum atomic E-state index is 13.3. The quantitative estimate of drug-likeness (QED) is 0.862. The fourth-order valence-corrected chi connectivity index (χ4v) is 1.92. The Morgan fingerprint density at radius 1 is 1.47 bits per heavy atom. The summed E-state index contributed by atoms with van der Waals surface area (Å²) in [4.78, 5) is 13.0. The summed E-state index contributed by atoms with van der Waals surface area (Å²) in [6.07, 6.45) is 0. The molecule has 0 amide bonds. The molecule has 5 heteroatoms. The molecule has 0 aliphatic rings. The first-order valence-electron chi connectivity index (χ1n) is 6.13. The molecule has 0 unspecified atom stereocenters. The van der Waals surface area contributed by atoms with Crippen molar-refractivity contribution < 1.29 is 19.0 Å². The van der Waals surface area contributed by atoms with Gasteiger partial charge in [0, 0.05) is 12.1 Å². The molecule has 0 fully saturated rings. The zero-order valence-corrected chi connectivity index (χ0v) is 11.7. The highest BCUT2D eigenvalue weighted by atomic mass is 19.1. The molecule has 0 atom stereocenters. The predicted octanol–water partition coefficient (Wildman–Crippen LogP) is 2.52. The second-order valence-corrected chi connectivity index (χ2v) is 4.83. The standard InChI is InChI=1S/C14H20FNO3/c1-5-16(14(2,3)13(17)18)9-10-8-11(15)6-7-12(10)19-4/h6-8H,5,9H2,1-4H3,(H,17,18). The van der Waals surface area contributed by atoms with Crippen molar-refractivity contribution in [3.8, 4) is 5.75 Å². The second kappa shape index (κ2) is 6.02. The Morgan fingerprint density at radius 3 is 2.58 bits per heavy atom. The number of methoxy groups -OCH3 is 1. The highest BCUT2D eigenvalue weighted by Crippen LogP contribution is 2.24. The van der Waals surface area contributed by atoms with Crippen molar-refractivity contribution in [3.05, 3.63) is 29.6 Å². The lowest BCUT2D eigenvalue weighted by molar-refractivity contribution is -0.149. The molecular formula is C14H20FNO3. The van der Waals surface area contributed by atoms with Crippen LogP contribution in [0.1, 0.15) is 26.3 Å². The molecule has 106 valence electrons. The molecule has 19 heavy (non-hydrogen) atoms. The van der Waals surface area contributed by atoms with E-state index in [-0.39, 0.29) is 5.82 Å². The van der Waals surface area contributed by atoms with Crippen molar-refractivity contribution in [2.24, 2.45) is 0 Å². The number of carboxylic acids is 1. The lowest BCUT2D eigenvalue weighted by Gasteiger charge is -2.34. The number of halogens is 1. The van der Waals surface area contributed by atoms with E-state index < -0.39 is 11.5 Å². The van der Waals surface area contributed by atoms with Crippen molar-refractivity contribution in [1.82, 2.24) is 4.90 Å². The van der Waals surface area contributed by atoms with Gasteiger partial charge in [0.15, 0.2) is 0 Å². The van der Waals surface area contributed by atoms with Gasteiger partial charge in [-0.2, -0.15) is 0 Å². The van der Waals surface area contributed by atoms with Crippen molar-refractivity contribution >= 4 is 5.97 Å². The lowest BCUT2D eigenvalue weighted by atomic mass is 10.0. The summed E-state index contributed by atoms with van der Waals surface area (Å²) in [6.45, 7) is 5.99. The number of carboxylic acid groups (broad SMARTS) is 1. The van der Waals surface area contributed by atoms with Crippen LogP contribution >= 0.6 is 0 Å².